The summed E-state index contributed by atoms with van der Waals surface area (Å²) in [5, 5.41) is 10.7. The van der Waals surface area contributed by atoms with Gasteiger partial charge in [0.25, 0.3) is 5.91 Å². The molecule has 8 nitrogen and oxygen atoms in total. The first-order valence-corrected chi connectivity index (χ1v) is 9.96. The van der Waals surface area contributed by atoms with Crippen LogP contribution in [0.5, 0.6) is 0 Å². The fraction of sp³-hybridized carbons (Fsp3) is 0.444. The molecule has 0 fully saturated rings. The minimum Gasteiger partial charge on any atom is -0.380 e. The van der Waals surface area contributed by atoms with Crippen molar-refractivity contribution in [3.63, 3.8) is 0 Å². The van der Waals surface area contributed by atoms with Gasteiger partial charge in [0, 0.05) is 25.3 Å². The Bertz CT molecular complexity index is 849. The third-order valence-electron chi connectivity index (χ3n) is 4.16. The quantitative estimate of drug-likeness (QED) is 0.489. The highest BCUT2D eigenvalue weighted by molar-refractivity contribution is 7.13. The van der Waals surface area contributed by atoms with Crippen molar-refractivity contribution in [2.45, 2.75) is 32.2 Å². The number of hydrogen-bond donors (Lipinski definition) is 2. The summed E-state index contributed by atoms with van der Waals surface area (Å²) >= 11 is 1.28. The van der Waals surface area contributed by atoms with Crippen LogP contribution in [0.2, 0.25) is 0 Å². The Morgan fingerprint density at radius 3 is 2.93 bits per heavy atom. The van der Waals surface area contributed by atoms with Gasteiger partial charge in [0.15, 0.2) is 0 Å². The molecule has 0 saturated heterocycles. The largest absolute Gasteiger partial charge is 0.380 e. The van der Waals surface area contributed by atoms with Gasteiger partial charge in [0.2, 0.25) is 5.13 Å². The van der Waals surface area contributed by atoms with Crippen LogP contribution in [0, 0.1) is 0 Å². The van der Waals surface area contributed by atoms with Crippen molar-refractivity contribution in [2.24, 2.45) is 5.73 Å². The lowest BCUT2D eigenvalue weighted by Crippen LogP contribution is -2.11. The zero-order valence-electron chi connectivity index (χ0n) is 15.1. The molecule has 0 unspecified atom stereocenters. The van der Waals surface area contributed by atoms with Gasteiger partial charge in [-0.2, -0.15) is 0 Å². The van der Waals surface area contributed by atoms with Crippen molar-refractivity contribution in [3.8, 4) is 0 Å². The van der Waals surface area contributed by atoms with Gasteiger partial charge in [-0.15, -0.1) is 10.2 Å². The number of aromatic nitrogens is 4. The number of amides is 1. The van der Waals surface area contributed by atoms with Crippen molar-refractivity contribution >= 4 is 33.4 Å². The van der Waals surface area contributed by atoms with Crippen LogP contribution in [-0.4, -0.2) is 45.4 Å². The number of fused-ring (bicyclic) bond motifs is 1. The van der Waals surface area contributed by atoms with Crippen LogP contribution >= 0.6 is 11.3 Å². The Hall–Kier alpha value is -2.36. The second kappa shape index (κ2) is 10.1. The summed E-state index contributed by atoms with van der Waals surface area (Å²) in [5.41, 5.74) is 9.37. The van der Waals surface area contributed by atoms with Crippen LogP contribution in [0.15, 0.2) is 30.0 Å². The lowest BCUT2D eigenvalue weighted by molar-refractivity contribution is 0.102. The fourth-order valence-corrected chi connectivity index (χ4v) is 3.25. The predicted octanol–water partition coefficient (Wildman–Crippen LogP) is 2.68. The molecule has 144 valence electrons. The van der Waals surface area contributed by atoms with E-state index in [2.05, 4.69) is 25.1 Å². The zero-order chi connectivity index (χ0) is 18.9. The first-order valence-electron chi connectivity index (χ1n) is 9.08. The van der Waals surface area contributed by atoms with Gasteiger partial charge >= 0.3 is 0 Å². The van der Waals surface area contributed by atoms with E-state index in [1.54, 1.807) is 11.6 Å². The molecule has 0 bridgehead atoms. The van der Waals surface area contributed by atoms with E-state index in [0.29, 0.717) is 23.8 Å². The number of anilines is 1. The number of nitrogens with two attached hydrogens (primary N) is 1. The highest BCUT2D eigenvalue weighted by atomic mass is 32.1. The van der Waals surface area contributed by atoms with E-state index in [9.17, 15) is 4.79 Å². The molecule has 1 aromatic carbocycles. The van der Waals surface area contributed by atoms with Crippen LogP contribution in [0.3, 0.4) is 0 Å². The summed E-state index contributed by atoms with van der Waals surface area (Å²) < 4.78 is 7.51. The number of ether oxygens (including phenoxy) is 1. The second-order valence-electron chi connectivity index (χ2n) is 6.15. The number of nitrogens with one attached hydrogen (secondary N) is 1. The molecule has 0 saturated carbocycles. The molecule has 27 heavy (non-hydrogen) atoms. The second-order valence-corrected chi connectivity index (χ2v) is 6.99. The number of nitrogens with zero attached hydrogens (tertiary/aromatic N) is 4. The molecule has 0 spiro atoms. The first kappa shape index (κ1) is 19.4. The van der Waals surface area contributed by atoms with Crippen molar-refractivity contribution in [2.75, 3.05) is 25.1 Å². The standard InChI is InChI=1S/C18H24N6O2S/c19-7-10-26-9-4-2-1-3-8-24-12-20-15-11-14(5-6-16(15)24)17(25)22-18-23-21-13-27-18/h5-6,11-13H,1-4,7-10,19H2,(H,22,23,25). The van der Waals surface area contributed by atoms with E-state index < -0.39 is 0 Å². The van der Waals surface area contributed by atoms with Crippen molar-refractivity contribution in [3.05, 3.63) is 35.6 Å². The van der Waals surface area contributed by atoms with E-state index in [-0.39, 0.29) is 5.91 Å². The third-order valence-corrected chi connectivity index (χ3v) is 4.77. The van der Waals surface area contributed by atoms with Crippen LogP contribution in [0.4, 0.5) is 5.13 Å². The van der Waals surface area contributed by atoms with Crippen molar-refractivity contribution in [1.29, 1.82) is 0 Å². The van der Waals surface area contributed by atoms with Crippen LogP contribution < -0.4 is 11.1 Å². The Morgan fingerprint density at radius 2 is 2.11 bits per heavy atom. The third kappa shape index (κ3) is 5.56. The minimum absolute atomic E-state index is 0.208. The minimum atomic E-state index is -0.208. The van der Waals surface area contributed by atoms with E-state index >= 15 is 0 Å². The van der Waals surface area contributed by atoms with Gasteiger partial charge in [0.1, 0.15) is 5.51 Å². The van der Waals surface area contributed by atoms with Gasteiger partial charge in [-0.3, -0.25) is 10.1 Å². The SMILES string of the molecule is NCCOCCCCCCn1cnc2cc(C(=O)Nc3nncs3)ccc21. The molecular formula is C18H24N6O2S. The Labute approximate surface area is 161 Å². The molecule has 0 aliphatic carbocycles. The average molecular weight is 388 g/mol. The maximum absolute atomic E-state index is 12.3. The summed E-state index contributed by atoms with van der Waals surface area (Å²) in [6.45, 7) is 2.92. The summed E-state index contributed by atoms with van der Waals surface area (Å²) in [6, 6.07) is 5.56. The molecule has 1 amide bonds. The number of carbonyl (C=O) groups is 1. The van der Waals surface area contributed by atoms with E-state index in [0.717, 1.165) is 49.9 Å². The molecule has 2 aromatic heterocycles. The van der Waals surface area contributed by atoms with Crippen molar-refractivity contribution < 1.29 is 9.53 Å². The number of hydrogen-bond acceptors (Lipinski definition) is 7. The lowest BCUT2D eigenvalue weighted by atomic mass is 10.1. The van der Waals surface area contributed by atoms with Crippen LogP contribution in [0.25, 0.3) is 11.0 Å². The number of carbonyl (C=O) groups excluding carboxylic acids is 1. The number of unbranched alkanes of at least 4 members (excludes halogenated alkanes) is 3. The molecule has 3 aromatic rings. The Balaban J connectivity index is 1.49. The van der Waals surface area contributed by atoms with E-state index in [1.807, 2.05) is 18.5 Å². The highest BCUT2D eigenvalue weighted by Crippen LogP contribution is 2.18. The van der Waals surface area contributed by atoms with E-state index in [4.69, 9.17) is 10.5 Å². The number of aryl methyl sites for hydroxylation is 1. The normalized spacial score (nSPS) is 11.1. The smallest absolute Gasteiger partial charge is 0.257 e. The lowest BCUT2D eigenvalue weighted by Gasteiger charge is -2.06. The first-order chi connectivity index (χ1) is 13.3. The fourth-order valence-electron chi connectivity index (χ4n) is 2.81. The van der Waals surface area contributed by atoms with Crippen LogP contribution in [-0.2, 0) is 11.3 Å². The van der Waals surface area contributed by atoms with Gasteiger partial charge in [-0.05, 0) is 31.0 Å². The molecular weight excluding hydrogens is 364 g/mol. The highest BCUT2D eigenvalue weighted by Gasteiger charge is 2.11. The topological polar surface area (TPSA) is 108 Å². The molecule has 0 atom stereocenters. The summed E-state index contributed by atoms with van der Waals surface area (Å²) in [5.74, 6) is -0.208. The van der Waals surface area contributed by atoms with Crippen LogP contribution in [0.1, 0.15) is 36.0 Å². The summed E-state index contributed by atoms with van der Waals surface area (Å²) in [6.07, 6.45) is 6.28. The summed E-state index contributed by atoms with van der Waals surface area (Å²) in [7, 11) is 0. The number of rotatable bonds is 11. The number of benzene rings is 1. The Kier molecular flexibility index (Phi) is 7.26. The monoisotopic (exact) mass is 388 g/mol. The maximum Gasteiger partial charge on any atom is 0.257 e. The average Bonchev–Trinajstić information content (AvgIpc) is 3.33. The summed E-state index contributed by atoms with van der Waals surface area (Å²) in [4.78, 5) is 16.7. The molecule has 0 aliphatic heterocycles. The van der Waals surface area contributed by atoms with Crippen molar-refractivity contribution in [1.82, 2.24) is 19.7 Å². The number of imidazole rings is 1. The molecule has 9 heteroatoms. The molecule has 3 N–H and O–H groups in total. The molecule has 3 rings (SSSR count). The Morgan fingerprint density at radius 1 is 1.22 bits per heavy atom. The molecule has 0 radical (unpaired) electrons. The molecule has 0 aliphatic rings. The maximum atomic E-state index is 12.3. The van der Waals surface area contributed by atoms with Gasteiger partial charge in [0.05, 0.1) is 24.0 Å². The molecule has 2 heterocycles. The van der Waals surface area contributed by atoms with Gasteiger partial charge in [-0.1, -0.05) is 24.2 Å². The van der Waals surface area contributed by atoms with E-state index in [1.165, 1.54) is 11.3 Å². The van der Waals surface area contributed by atoms with Gasteiger partial charge < -0.3 is 15.0 Å². The zero-order valence-corrected chi connectivity index (χ0v) is 16.0. The predicted molar refractivity (Wildman–Crippen MR) is 106 cm³/mol. The van der Waals surface area contributed by atoms with Gasteiger partial charge in [-0.25, -0.2) is 4.98 Å².